The maximum Gasteiger partial charge on any atom is 0.341 e. The Morgan fingerprint density at radius 3 is 2.41 bits per heavy atom. The van der Waals surface area contributed by atoms with E-state index in [1.807, 2.05) is 0 Å². The van der Waals surface area contributed by atoms with E-state index in [9.17, 15) is 32.7 Å². The van der Waals surface area contributed by atoms with E-state index in [4.69, 9.17) is 0 Å². The number of nitrogens with zero attached hydrogens (tertiary/aromatic N) is 2. The van der Waals surface area contributed by atoms with E-state index in [2.05, 4.69) is 16.0 Å². The Balaban J connectivity index is 1.70. The molecule has 3 atom stereocenters. The summed E-state index contributed by atoms with van der Waals surface area (Å²) in [5.41, 5.74) is 0.454. The second kappa shape index (κ2) is 9.80. The molecule has 1 unspecified atom stereocenters. The lowest BCUT2D eigenvalue weighted by molar-refractivity contribution is -0.139. The van der Waals surface area contributed by atoms with E-state index in [-0.39, 0.29) is 25.0 Å². The molecule has 2 heterocycles. The molecule has 3 rings (SSSR count). The highest BCUT2D eigenvalue weighted by molar-refractivity contribution is 8.01. The molecule has 0 aromatic heterocycles. The number of carbonyl (C=O) groups is 4. The van der Waals surface area contributed by atoms with Crippen LogP contribution < -0.4 is 16.0 Å². The first kappa shape index (κ1) is 25.8. The van der Waals surface area contributed by atoms with Crippen molar-refractivity contribution in [1.29, 1.82) is 0 Å². The van der Waals surface area contributed by atoms with E-state index in [0.717, 1.165) is 11.2 Å². The highest BCUT2D eigenvalue weighted by Crippen LogP contribution is 2.37. The summed E-state index contributed by atoms with van der Waals surface area (Å²) in [7, 11) is -3.82. The van der Waals surface area contributed by atoms with Crippen molar-refractivity contribution in [3.05, 3.63) is 35.9 Å². The molecule has 0 aliphatic carbocycles. The standard InChI is InChI=1S/C20H27N5O7S2/c1-20(2)15(17(27)28)22-13(33-20)11-21-16(26)14(12-7-5-4-6-8-12)23-18(29)24-9-10-25(19(24)30)34(3,31)32/h4-8,13-15,22H,9-11H2,1-3H3,(H,21,26)(H,23,29)(H,27,28)/t13?,14-,15+/m1/s1. The monoisotopic (exact) mass is 513 g/mol. The van der Waals surface area contributed by atoms with Crippen LogP contribution in [0.3, 0.4) is 0 Å². The number of carbonyl (C=O) groups excluding carboxylic acids is 3. The molecule has 186 valence electrons. The zero-order valence-electron chi connectivity index (χ0n) is 18.8. The smallest absolute Gasteiger partial charge is 0.341 e. The number of carboxylic acids is 1. The highest BCUT2D eigenvalue weighted by Gasteiger charge is 2.45. The third kappa shape index (κ3) is 5.62. The van der Waals surface area contributed by atoms with Gasteiger partial charge in [-0.3, -0.25) is 14.9 Å². The summed E-state index contributed by atoms with van der Waals surface area (Å²) >= 11 is 1.38. The van der Waals surface area contributed by atoms with Crippen molar-refractivity contribution in [2.24, 2.45) is 0 Å². The molecule has 2 fully saturated rings. The topological polar surface area (TPSA) is 165 Å². The summed E-state index contributed by atoms with van der Waals surface area (Å²) in [4.78, 5) is 50.4. The number of hydrogen-bond donors (Lipinski definition) is 4. The summed E-state index contributed by atoms with van der Waals surface area (Å²) in [6.07, 6.45) is 0.873. The van der Waals surface area contributed by atoms with Gasteiger partial charge in [-0.25, -0.2) is 27.2 Å². The van der Waals surface area contributed by atoms with Gasteiger partial charge in [0.05, 0.1) is 24.7 Å². The number of hydrogen-bond acceptors (Lipinski definition) is 8. The normalized spacial score (nSPS) is 23.0. The third-order valence-corrected chi connectivity index (χ3v) is 8.05. The highest BCUT2D eigenvalue weighted by atomic mass is 32.2. The first-order chi connectivity index (χ1) is 15.8. The van der Waals surface area contributed by atoms with E-state index in [0.29, 0.717) is 9.87 Å². The van der Waals surface area contributed by atoms with Gasteiger partial charge in [0.1, 0.15) is 12.1 Å². The molecular formula is C20H27N5O7S2. The summed E-state index contributed by atoms with van der Waals surface area (Å²) in [6, 6.07) is 4.52. The van der Waals surface area contributed by atoms with E-state index < -0.39 is 50.8 Å². The van der Waals surface area contributed by atoms with Crippen molar-refractivity contribution in [2.75, 3.05) is 25.9 Å². The molecule has 2 saturated heterocycles. The average Bonchev–Trinajstić information content (AvgIpc) is 3.29. The summed E-state index contributed by atoms with van der Waals surface area (Å²) in [5.74, 6) is -1.55. The van der Waals surface area contributed by atoms with Gasteiger partial charge in [-0.15, -0.1) is 11.8 Å². The second-order valence-corrected chi connectivity index (χ2v) is 12.2. The van der Waals surface area contributed by atoms with Crippen LogP contribution in [-0.2, 0) is 19.6 Å². The SMILES string of the molecule is CC1(C)SC(CNC(=O)[C@H](NC(=O)N2CCN(S(C)(=O)=O)C2=O)c2ccccc2)N[C@H]1C(=O)O. The van der Waals surface area contributed by atoms with Gasteiger partial charge in [0.15, 0.2) is 0 Å². The van der Waals surface area contributed by atoms with Crippen LogP contribution in [0.15, 0.2) is 30.3 Å². The van der Waals surface area contributed by atoms with Crippen LogP contribution >= 0.6 is 11.8 Å². The average molecular weight is 514 g/mol. The lowest BCUT2D eigenvalue weighted by Crippen LogP contribution is -2.50. The predicted molar refractivity (Wildman–Crippen MR) is 124 cm³/mol. The van der Waals surface area contributed by atoms with Crippen molar-refractivity contribution in [3.63, 3.8) is 0 Å². The molecule has 34 heavy (non-hydrogen) atoms. The molecule has 2 aliphatic rings. The number of benzene rings is 1. The lowest BCUT2D eigenvalue weighted by atomic mass is 10.0. The van der Waals surface area contributed by atoms with Crippen molar-refractivity contribution >= 4 is 45.7 Å². The van der Waals surface area contributed by atoms with Gasteiger partial charge in [-0.05, 0) is 19.4 Å². The number of carboxylic acid groups (broad SMARTS) is 1. The van der Waals surface area contributed by atoms with Gasteiger partial charge in [0.2, 0.25) is 15.9 Å². The number of nitrogens with one attached hydrogen (secondary N) is 3. The summed E-state index contributed by atoms with van der Waals surface area (Å²) in [6.45, 7) is 3.38. The van der Waals surface area contributed by atoms with E-state index in [1.54, 1.807) is 44.2 Å². The second-order valence-electron chi connectivity index (χ2n) is 8.46. The van der Waals surface area contributed by atoms with Crippen molar-refractivity contribution < 1.29 is 32.7 Å². The quantitative estimate of drug-likeness (QED) is 0.397. The van der Waals surface area contributed by atoms with Gasteiger partial charge in [-0.1, -0.05) is 30.3 Å². The number of sulfonamides is 1. The maximum absolute atomic E-state index is 13.0. The zero-order valence-corrected chi connectivity index (χ0v) is 20.5. The van der Waals surface area contributed by atoms with Gasteiger partial charge in [0.25, 0.3) is 0 Å². The maximum atomic E-state index is 13.0. The fourth-order valence-electron chi connectivity index (χ4n) is 3.78. The van der Waals surface area contributed by atoms with Crippen molar-refractivity contribution in [3.8, 4) is 0 Å². The zero-order chi connectivity index (χ0) is 25.3. The molecule has 0 radical (unpaired) electrons. The number of imide groups is 1. The first-order valence-electron chi connectivity index (χ1n) is 10.4. The number of amides is 5. The lowest BCUT2D eigenvalue weighted by Gasteiger charge is -2.23. The van der Waals surface area contributed by atoms with E-state index in [1.165, 1.54) is 11.8 Å². The van der Waals surface area contributed by atoms with Crippen LogP contribution in [0.5, 0.6) is 0 Å². The summed E-state index contributed by atoms with van der Waals surface area (Å²) < 4.78 is 23.5. The Kier molecular flexibility index (Phi) is 7.43. The van der Waals surface area contributed by atoms with Crippen LogP contribution in [0.4, 0.5) is 9.59 Å². The van der Waals surface area contributed by atoms with Gasteiger partial charge < -0.3 is 15.7 Å². The third-order valence-electron chi connectivity index (χ3n) is 5.48. The van der Waals surface area contributed by atoms with Crippen molar-refractivity contribution in [2.45, 2.75) is 36.1 Å². The van der Waals surface area contributed by atoms with Gasteiger partial charge in [0, 0.05) is 11.3 Å². The molecule has 4 N–H and O–H groups in total. The minimum atomic E-state index is -3.82. The van der Waals surface area contributed by atoms with Crippen molar-refractivity contribution in [1.82, 2.24) is 25.2 Å². The number of thioether (sulfide) groups is 1. The van der Waals surface area contributed by atoms with Gasteiger partial charge in [-0.2, -0.15) is 0 Å². The fourth-order valence-corrected chi connectivity index (χ4v) is 5.98. The Hall–Kier alpha value is -2.84. The van der Waals surface area contributed by atoms with Crippen LogP contribution in [-0.4, -0.2) is 88.7 Å². The minimum absolute atomic E-state index is 0.0976. The molecule has 14 heteroatoms. The molecule has 0 bridgehead atoms. The first-order valence-corrected chi connectivity index (χ1v) is 13.1. The molecule has 12 nitrogen and oxygen atoms in total. The van der Waals surface area contributed by atoms with Crippen LogP contribution in [0.25, 0.3) is 0 Å². The number of rotatable bonds is 7. The summed E-state index contributed by atoms with van der Waals surface area (Å²) in [5, 5.41) is 17.2. The molecular weight excluding hydrogens is 486 g/mol. The molecule has 0 saturated carbocycles. The molecule has 1 aromatic rings. The Labute approximate surface area is 201 Å². The number of aliphatic carboxylic acids is 1. The molecule has 5 amide bonds. The fraction of sp³-hybridized carbons (Fsp3) is 0.500. The number of urea groups is 2. The van der Waals surface area contributed by atoms with Crippen LogP contribution in [0.2, 0.25) is 0 Å². The Morgan fingerprint density at radius 2 is 1.88 bits per heavy atom. The largest absolute Gasteiger partial charge is 0.480 e. The van der Waals surface area contributed by atoms with Crippen LogP contribution in [0, 0.1) is 0 Å². The van der Waals surface area contributed by atoms with E-state index >= 15 is 0 Å². The van der Waals surface area contributed by atoms with Gasteiger partial charge >= 0.3 is 18.0 Å². The Morgan fingerprint density at radius 1 is 1.24 bits per heavy atom. The molecule has 0 spiro atoms. The minimum Gasteiger partial charge on any atom is -0.480 e. The molecule has 1 aromatic carbocycles. The molecule has 2 aliphatic heterocycles. The Bertz CT molecular complexity index is 1080. The van der Waals surface area contributed by atoms with Crippen LogP contribution in [0.1, 0.15) is 25.5 Å². The predicted octanol–water partition coefficient (Wildman–Crippen LogP) is 0.145.